The van der Waals surface area contributed by atoms with Gasteiger partial charge < -0.3 is 16.4 Å². The van der Waals surface area contributed by atoms with Crippen LogP contribution in [-0.4, -0.2) is 28.9 Å². The Morgan fingerprint density at radius 3 is 2.80 bits per heavy atom. The number of aromatic nitrogens is 1. The molecule has 0 radical (unpaired) electrons. The van der Waals surface area contributed by atoms with Crippen molar-refractivity contribution >= 4 is 23.3 Å². The molecule has 0 aliphatic rings. The van der Waals surface area contributed by atoms with Crippen molar-refractivity contribution in [3.8, 4) is 0 Å². The molecule has 0 aliphatic heterocycles. The third-order valence-electron chi connectivity index (χ3n) is 1.82. The minimum atomic E-state index is -0.104. The molecule has 7 heteroatoms. The van der Waals surface area contributed by atoms with E-state index in [1.165, 1.54) is 0 Å². The van der Waals surface area contributed by atoms with Crippen LogP contribution in [-0.2, 0) is 6.54 Å². The van der Waals surface area contributed by atoms with Crippen LogP contribution in [0.1, 0.15) is 10.6 Å². The summed E-state index contributed by atoms with van der Waals surface area (Å²) >= 11 is 1.55. The zero-order valence-electron chi connectivity index (χ0n) is 8.69. The van der Waals surface area contributed by atoms with E-state index in [0.717, 1.165) is 10.6 Å². The van der Waals surface area contributed by atoms with E-state index in [2.05, 4.69) is 9.98 Å². The lowest BCUT2D eigenvalue weighted by Gasteiger charge is -2.15. The van der Waals surface area contributed by atoms with Crippen LogP contribution in [0, 0.1) is 12.3 Å². The van der Waals surface area contributed by atoms with Gasteiger partial charge in [-0.3, -0.25) is 5.41 Å². The Bertz CT molecular complexity index is 378. The summed E-state index contributed by atoms with van der Waals surface area (Å²) in [6, 6.07) is 0. The standard InChI is InChI=1S/C8H14N6S/c1-5-6(15-4-12-5)3-14(2)8(11)13-7(9)10/h4H,3H2,1-2H3,(H5,9,10,11,13). The lowest BCUT2D eigenvalue weighted by atomic mass is 10.4. The Balaban J connectivity index is 2.64. The second-order valence-electron chi connectivity index (χ2n) is 3.08. The summed E-state index contributed by atoms with van der Waals surface area (Å²) < 4.78 is 0. The van der Waals surface area contributed by atoms with E-state index in [1.807, 2.05) is 6.92 Å². The molecule has 82 valence electrons. The smallest absolute Gasteiger partial charge is 0.221 e. The third kappa shape index (κ3) is 3.21. The summed E-state index contributed by atoms with van der Waals surface area (Å²) in [7, 11) is 1.76. The maximum Gasteiger partial charge on any atom is 0.221 e. The molecule has 6 nitrogen and oxygen atoms in total. The van der Waals surface area contributed by atoms with Gasteiger partial charge in [0, 0.05) is 11.9 Å². The van der Waals surface area contributed by atoms with E-state index >= 15 is 0 Å². The highest BCUT2D eigenvalue weighted by Gasteiger charge is 2.08. The number of guanidine groups is 2. The van der Waals surface area contributed by atoms with Gasteiger partial charge >= 0.3 is 0 Å². The fourth-order valence-corrected chi connectivity index (χ4v) is 1.81. The van der Waals surface area contributed by atoms with E-state index in [9.17, 15) is 0 Å². The molecular formula is C8H14N6S. The molecule has 0 aromatic carbocycles. The summed E-state index contributed by atoms with van der Waals surface area (Å²) in [5, 5.41) is 7.56. The molecule has 0 saturated carbocycles. The van der Waals surface area contributed by atoms with Crippen molar-refractivity contribution in [2.45, 2.75) is 13.5 Å². The van der Waals surface area contributed by atoms with Crippen molar-refractivity contribution in [1.82, 2.24) is 9.88 Å². The Morgan fingerprint density at radius 2 is 2.33 bits per heavy atom. The van der Waals surface area contributed by atoms with Crippen LogP contribution in [0.25, 0.3) is 0 Å². The van der Waals surface area contributed by atoms with Crippen molar-refractivity contribution < 1.29 is 0 Å². The second-order valence-corrected chi connectivity index (χ2v) is 4.02. The van der Waals surface area contributed by atoms with Gasteiger partial charge in [-0.25, -0.2) is 4.98 Å². The first-order chi connectivity index (χ1) is 7.00. The summed E-state index contributed by atoms with van der Waals surface area (Å²) in [6.07, 6.45) is 0. The average molecular weight is 226 g/mol. The average Bonchev–Trinajstić information content (AvgIpc) is 2.50. The fraction of sp³-hybridized carbons (Fsp3) is 0.375. The van der Waals surface area contributed by atoms with Crippen molar-refractivity contribution in [3.05, 3.63) is 16.1 Å². The van der Waals surface area contributed by atoms with Crippen LogP contribution in [0.2, 0.25) is 0 Å². The molecule has 0 unspecified atom stereocenters. The van der Waals surface area contributed by atoms with Crippen LogP contribution in [0.5, 0.6) is 0 Å². The van der Waals surface area contributed by atoms with Crippen LogP contribution in [0.3, 0.4) is 0 Å². The van der Waals surface area contributed by atoms with E-state index in [0.29, 0.717) is 6.54 Å². The quantitative estimate of drug-likeness (QED) is 0.491. The predicted molar refractivity (Wildman–Crippen MR) is 61.9 cm³/mol. The highest BCUT2D eigenvalue weighted by atomic mass is 32.1. The van der Waals surface area contributed by atoms with Gasteiger partial charge in [0.15, 0.2) is 5.96 Å². The second kappa shape index (κ2) is 4.74. The number of aliphatic imine (C=N–C) groups is 1. The SMILES string of the molecule is Cc1ncsc1CN(C)C(=N)N=C(N)N. The lowest BCUT2D eigenvalue weighted by molar-refractivity contribution is 0.494. The molecule has 0 aliphatic carbocycles. The van der Waals surface area contributed by atoms with Crippen LogP contribution in [0.15, 0.2) is 10.5 Å². The minimum Gasteiger partial charge on any atom is -0.370 e. The van der Waals surface area contributed by atoms with Gasteiger partial charge in [-0.05, 0) is 6.92 Å². The highest BCUT2D eigenvalue weighted by Crippen LogP contribution is 2.14. The predicted octanol–water partition coefficient (Wildman–Crippen LogP) is 0.0915. The number of hydrogen-bond donors (Lipinski definition) is 3. The number of aryl methyl sites for hydroxylation is 1. The fourth-order valence-electron chi connectivity index (χ4n) is 0.976. The monoisotopic (exact) mass is 226 g/mol. The Kier molecular flexibility index (Phi) is 3.62. The van der Waals surface area contributed by atoms with E-state index in [1.54, 1.807) is 28.8 Å². The number of thiazole rings is 1. The van der Waals surface area contributed by atoms with Crippen LogP contribution >= 0.6 is 11.3 Å². The van der Waals surface area contributed by atoms with Crippen molar-refractivity contribution in [2.24, 2.45) is 16.5 Å². The first-order valence-corrected chi connectivity index (χ1v) is 5.17. The number of rotatable bonds is 2. The molecule has 0 fully saturated rings. The van der Waals surface area contributed by atoms with Gasteiger partial charge in [-0.15, -0.1) is 11.3 Å². The molecule has 1 aromatic heterocycles. The molecule has 1 heterocycles. The van der Waals surface area contributed by atoms with E-state index in [4.69, 9.17) is 16.9 Å². The van der Waals surface area contributed by atoms with Gasteiger partial charge in [0.2, 0.25) is 5.96 Å². The summed E-state index contributed by atoms with van der Waals surface area (Å²) in [5.74, 6) is -0.0596. The first-order valence-electron chi connectivity index (χ1n) is 4.29. The zero-order chi connectivity index (χ0) is 11.4. The van der Waals surface area contributed by atoms with Crippen LogP contribution in [0.4, 0.5) is 0 Å². The maximum absolute atomic E-state index is 7.56. The number of nitrogens with two attached hydrogens (primary N) is 2. The van der Waals surface area contributed by atoms with Gasteiger partial charge in [-0.1, -0.05) is 0 Å². The Hall–Kier alpha value is -1.63. The number of nitrogens with one attached hydrogen (secondary N) is 1. The molecule has 0 amide bonds. The van der Waals surface area contributed by atoms with Gasteiger partial charge in [0.25, 0.3) is 0 Å². The molecule has 1 aromatic rings. The lowest BCUT2D eigenvalue weighted by Crippen LogP contribution is -2.30. The van der Waals surface area contributed by atoms with Gasteiger partial charge in [0.1, 0.15) is 0 Å². The van der Waals surface area contributed by atoms with Crippen LogP contribution < -0.4 is 11.5 Å². The molecule has 0 atom stereocenters. The Morgan fingerprint density at radius 1 is 1.67 bits per heavy atom. The first kappa shape index (κ1) is 11.4. The highest BCUT2D eigenvalue weighted by molar-refractivity contribution is 7.09. The van der Waals surface area contributed by atoms with Gasteiger partial charge in [-0.2, -0.15) is 4.99 Å². The maximum atomic E-state index is 7.56. The minimum absolute atomic E-state index is 0.0443. The molecular weight excluding hydrogens is 212 g/mol. The number of nitrogens with zero attached hydrogens (tertiary/aromatic N) is 3. The molecule has 5 N–H and O–H groups in total. The molecule has 1 rings (SSSR count). The molecule has 0 saturated heterocycles. The molecule has 0 bridgehead atoms. The molecule has 0 spiro atoms. The number of hydrogen-bond acceptors (Lipinski definition) is 3. The van der Waals surface area contributed by atoms with E-state index in [-0.39, 0.29) is 11.9 Å². The van der Waals surface area contributed by atoms with Gasteiger partial charge in [0.05, 0.1) is 17.7 Å². The summed E-state index contributed by atoms with van der Waals surface area (Å²) in [6.45, 7) is 2.52. The largest absolute Gasteiger partial charge is 0.370 e. The normalized spacial score (nSPS) is 9.73. The van der Waals surface area contributed by atoms with Crippen molar-refractivity contribution in [1.29, 1.82) is 5.41 Å². The van der Waals surface area contributed by atoms with E-state index < -0.39 is 0 Å². The molecule has 15 heavy (non-hydrogen) atoms. The third-order valence-corrected chi connectivity index (χ3v) is 2.74. The summed E-state index contributed by atoms with van der Waals surface area (Å²) in [5.41, 5.74) is 13.1. The van der Waals surface area contributed by atoms with Crippen molar-refractivity contribution in [2.75, 3.05) is 7.05 Å². The topological polar surface area (TPSA) is 104 Å². The summed E-state index contributed by atoms with van der Waals surface area (Å²) in [4.78, 5) is 10.5. The van der Waals surface area contributed by atoms with Crippen molar-refractivity contribution in [3.63, 3.8) is 0 Å². The zero-order valence-corrected chi connectivity index (χ0v) is 9.51. The Labute approximate surface area is 92.1 Å².